The second-order valence-corrected chi connectivity index (χ2v) is 5.37. The maximum absolute atomic E-state index is 11.2. The van der Waals surface area contributed by atoms with Crippen LogP contribution in [-0.2, 0) is 20.4 Å². The summed E-state index contributed by atoms with van der Waals surface area (Å²) in [7, 11) is -0.853. The molecule has 14 heavy (non-hydrogen) atoms. The smallest absolute Gasteiger partial charge is 0.290 e. The molecule has 0 aliphatic carbocycles. The maximum Gasteiger partial charge on any atom is 0.290 e. The van der Waals surface area contributed by atoms with Crippen molar-refractivity contribution in [3.05, 3.63) is 0 Å². The molecule has 0 aromatic heterocycles. The molecule has 0 N–H and O–H groups in total. The molecule has 0 saturated carbocycles. The Labute approximate surface area is 86.1 Å². The molecular weight excluding hydrogens is 202 g/mol. The summed E-state index contributed by atoms with van der Waals surface area (Å²) in [5, 5.41) is 0.0819. The van der Waals surface area contributed by atoms with Gasteiger partial charge in [-0.15, -0.1) is 0 Å². The summed E-state index contributed by atoms with van der Waals surface area (Å²) in [5.74, 6) is -0.672. The first-order valence-corrected chi connectivity index (χ1v) is 6.29. The predicted octanol–water partition coefficient (Wildman–Crippen LogP) is -0.0551. The van der Waals surface area contributed by atoms with E-state index in [0.29, 0.717) is 25.9 Å². The molecule has 0 bridgehead atoms. The highest BCUT2D eigenvalue weighted by Crippen LogP contribution is 2.09. The number of likely N-dealkylation sites (tertiary alicyclic amines) is 1. The molecule has 1 aliphatic heterocycles. The molecule has 2 atom stereocenters. The van der Waals surface area contributed by atoms with Gasteiger partial charge in [0.15, 0.2) is 0 Å². The van der Waals surface area contributed by atoms with Crippen LogP contribution in [0.4, 0.5) is 0 Å². The number of rotatable bonds is 4. The lowest BCUT2D eigenvalue weighted by molar-refractivity contribution is -0.140. The summed E-state index contributed by atoms with van der Waals surface area (Å²) in [4.78, 5) is 23.6. The van der Waals surface area contributed by atoms with E-state index in [-0.39, 0.29) is 16.9 Å². The van der Waals surface area contributed by atoms with Crippen LogP contribution in [0.2, 0.25) is 0 Å². The van der Waals surface area contributed by atoms with Gasteiger partial charge in [0.05, 0.1) is 0 Å². The minimum atomic E-state index is -0.853. The molecule has 0 aromatic carbocycles. The van der Waals surface area contributed by atoms with Crippen molar-refractivity contribution in [2.75, 3.05) is 19.3 Å². The van der Waals surface area contributed by atoms with Crippen molar-refractivity contribution in [1.82, 2.24) is 4.90 Å². The van der Waals surface area contributed by atoms with Gasteiger partial charge >= 0.3 is 0 Å². The normalized spacial score (nSPS) is 21.4. The zero-order valence-electron chi connectivity index (χ0n) is 8.49. The lowest BCUT2D eigenvalue weighted by atomic mass is 10.3. The van der Waals surface area contributed by atoms with Crippen molar-refractivity contribution >= 4 is 22.5 Å². The molecule has 4 nitrogen and oxygen atoms in total. The molecule has 1 fully saturated rings. The average Bonchev–Trinajstić information content (AvgIpc) is 2.44. The molecule has 1 rings (SSSR count). The summed E-state index contributed by atoms with van der Waals surface area (Å²) in [6, 6.07) is 0. The first kappa shape index (κ1) is 11.4. The maximum atomic E-state index is 11.2. The third-order valence-electron chi connectivity index (χ3n) is 2.51. The predicted molar refractivity (Wildman–Crippen MR) is 54.3 cm³/mol. The van der Waals surface area contributed by atoms with Crippen LogP contribution < -0.4 is 0 Å². The number of Topliss-reactive ketones (excluding diaryl/α,β-unsaturated/α-hetero) is 1. The van der Waals surface area contributed by atoms with Crippen LogP contribution in [0.25, 0.3) is 0 Å². The SMILES string of the molecule is CC(CCN1CCC(=O)C1=O)S(C)=O. The Hall–Kier alpha value is -0.710. The number of hydrogen-bond acceptors (Lipinski definition) is 3. The summed E-state index contributed by atoms with van der Waals surface area (Å²) < 4.78 is 11.0. The minimum absolute atomic E-state index is 0.0819. The summed E-state index contributed by atoms with van der Waals surface area (Å²) >= 11 is 0. The Morgan fingerprint density at radius 3 is 2.57 bits per heavy atom. The Balaban J connectivity index is 2.36. The fraction of sp³-hybridized carbons (Fsp3) is 0.778. The number of hydrogen-bond donors (Lipinski definition) is 0. The third-order valence-corrected chi connectivity index (χ3v) is 3.88. The summed E-state index contributed by atoms with van der Waals surface area (Å²) in [5.41, 5.74) is 0. The second kappa shape index (κ2) is 4.68. The van der Waals surface area contributed by atoms with Gasteiger partial charge in [-0.2, -0.15) is 0 Å². The zero-order valence-corrected chi connectivity index (χ0v) is 9.30. The van der Waals surface area contributed by atoms with Crippen LogP contribution in [0.5, 0.6) is 0 Å². The fourth-order valence-corrected chi connectivity index (χ4v) is 1.78. The van der Waals surface area contributed by atoms with E-state index >= 15 is 0 Å². The Morgan fingerprint density at radius 1 is 1.50 bits per heavy atom. The number of amides is 1. The van der Waals surface area contributed by atoms with Crippen molar-refractivity contribution in [2.45, 2.75) is 25.0 Å². The van der Waals surface area contributed by atoms with E-state index in [1.165, 1.54) is 0 Å². The Kier molecular flexibility index (Phi) is 3.80. The summed E-state index contributed by atoms with van der Waals surface area (Å²) in [6.07, 6.45) is 2.69. The van der Waals surface area contributed by atoms with Crippen molar-refractivity contribution in [1.29, 1.82) is 0 Å². The first-order chi connectivity index (χ1) is 6.52. The minimum Gasteiger partial charge on any atom is -0.336 e. The first-order valence-electron chi connectivity index (χ1n) is 4.66. The van der Waals surface area contributed by atoms with Crippen LogP contribution >= 0.6 is 0 Å². The number of nitrogens with zero attached hydrogens (tertiary/aromatic N) is 1. The number of carbonyl (C=O) groups is 2. The lowest BCUT2D eigenvalue weighted by Gasteiger charge is -2.16. The summed E-state index contributed by atoms with van der Waals surface area (Å²) in [6.45, 7) is 2.96. The molecule has 80 valence electrons. The molecule has 0 radical (unpaired) electrons. The highest BCUT2D eigenvalue weighted by Gasteiger charge is 2.28. The topological polar surface area (TPSA) is 54.5 Å². The van der Waals surface area contributed by atoms with Gasteiger partial charge in [0.2, 0.25) is 5.78 Å². The van der Waals surface area contributed by atoms with Gasteiger partial charge in [0.25, 0.3) is 5.91 Å². The van der Waals surface area contributed by atoms with E-state index in [2.05, 4.69) is 0 Å². The quantitative estimate of drug-likeness (QED) is 0.620. The van der Waals surface area contributed by atoms with E-state index in [0.717, 1.165) is 0 Å². The van der Waals surface area contributed by atoms with E-state index in [9.17, 15) is 13.8 Å². The highest BCUT2D eigenvalue weighted by atomic mass is 32.2. The van der Waals surface area contributed by atoms with E-state index < -0.39 is 10.8 Å². The van der Waals surface area contributed by atoms with E-state index in [1.54, 1.807) is 11.2 Å². The molecule has 1 saturated heterocycles. The Bertz CT molecular complexity index is 277. The van der Waals surface area contributed by atoms with Gasteiger partial charge < -0.3 is 4.90 Å². The van der Waals surface area contributed by atoms with Crippen LogP contribution in [-0.4, -0.2) is 45.4 Å². The lowest BCUT2D eigenvalue weighted by Crippen LogP contribution is -2.30. The molecule has 1 heterocycles. The van der Waals surface area contributed by atoms with Crippen molar-refractivity contribution in [3.63, 3.8) is 0 Å². The molecule has 5 heteroatoms. The molecule has 0 spiro atoms. The largest absolute Gasteiger partial charge is 0.336 e. The van der Waals surface area contributed by atoms with E-state index in [1.807, 2.05) is 6.92 Å². The molecular formula is C9H15NO3S. The van der Waals surface area contributed by atoms with Gasteiger partial charge in [-0.3, -0.25) is 13.8 Å². The van der Waals surface area contributed by atoms with E-state index in [4.69, 9.17) is 0 Å². The third kappa shape index (κ3) is 2.64. The van der Waals surface area contributed by atoms with Crippen molar-refractivity contribution in [2.24, 2.45) is 0 Å². The zero-order chi connectivity index (χ0) is 10.7. The van der Waals surface area contributed by atoms with Gasteiger partial charge in [-0.1, -0.05) is 6.92 Å². The van der Waals surface area contributed by atoms with Crippen LogP contribution in [0, 0.1) is 0 Å². The monoisotopic (exact) mass is 217 g/mol. The second-order valence-electron chi connectivity index (χ2n) is 3.56. The number of carbonyl (C=O) groups excluding carboxylic acids is 2. The van der Waals surface area contributed by atoms with Gasteiger partial charge in [0, 0.05) is 41.8 Å². The van der Waals surface area contributed by atoms with Gasteiger partial charge in [-0.05, 0) is 6.42 Å². The Morgan fingerprint density at radius 2 is 2.14 bits per heavy atom. The van der Waals surface area contributed by atoms with Crippen LogP contribution in [0.3, 0.4) is 0 Å². The standard InChI is InChI=1S/C9H15NO3S/c1-7(14(2)13)3-5-10-6-4-8(11)9(10)12/h7H,3-6H2,1-2H3. The molecule has 1 amide bonds. The van der Waals surface area contributed by atoms with Crippen LogP contribution in [0.15, 0.2) is 0 Å². The van der Waals surface area contributed by atoms with Crippen molar-refractivity contribution in [3.8, 4) is 0 Å². The van der Waals surface area contributed by atoms with Gasteiger partial charge in [-0.25, -0.2) is 0 Å². The van der Waals surface area contributed by atoms with Gasteiger partial charge in [0.1, 0.15) is 0 Å². The van der Waals surface area contributed by atoms with Crippen molar-refractivity contribution < 1.29 is 13.8 Å². The highest BCUT2D eigenvalue weighted by molar-refractivity contribution is 7.84. The average molecular weight is 217 g/mol. The molecule has 2 unspecified atom stereocenters. The van der Waals surface area contributed by atoms with Crippen LogP contribution in [0.1, 0.15) is 19.8 Å². The molecule has 0 aromatic rings. The number of ketones is 1. The molecule has 1 aliphatic rings. The fourth-order valence-electron chi connectivity index (χ4n) is 1.34.